The van der Waals surface area contributed by atoms with Crippen molar-refractivity contribution >= 4 is 34.1 Å². The standard InChI is InChI=1S/C24H20N2O3S/c1-26(15-17-8-3-2-4-9-17)23(27)16-29-24(28)19-14-21(22-12-7-13-30-22)25-20-11-6-5-10-18(19)20/h2-14H,15-16H2,1H3. The Hall–Kier alpha value is -3.51. The topological polar surface area (TPSA) is 59.5 Å². The molecular formula is C24H20N2O3S. The van der Waals surface area contributed by atoms with Crippen molar-refractivity contribution in [3.63, 3.8) is 0 Å². The fourth-order valence-electron chi connectivity index (χ4n) is 3.16. The molecular weight excluding hydrogens is 396 g/mol. The fourth-order valence-corrected chi connectivity index (χ4v) is 3.84. The van der Waals surface area contributed by atoms with E-state index in [0.717, 1.165) is 10.4 Å². The summed E-state index contributed by atoms with van der Waals surface area (Å²) in [7, 11) is 1.69. The lowest BCUT2D eigenvalue weighted by molar-refractivity contribution is -0.133. The van der Waals surface area contributed by atoms with Gasteiger partial charge in [0.15, 0.2) is 6.61 Å². The van der Waals surface area contributed by atoms with Crippen LogP contribution in [-0.4, -0.2) is 35.4 Å². The summed E-state index contributed by atoms with van der Waals surface area (Å²) in [6.45, 7) is 0.144. The highest BCUT2D eigenvalue weighted by molar-refractivity contribution is 7.13. The summed E-state index contributed by atoms with van der Waals surface area (Å²) in [6, 6.07) is 22.7. The predicted octanol–water partition coefficient (Wildman–Crippen LogP) is 4.78. The molecule has 30 heavy (non-hydrogen) atoms. The quantitative estimate of drug-likeness (QED) is 0.425. The number of carbonyl (C=O) groups excluding carboxylic acids is 2. The van der Waals surface area contributed by atoms with Crippen molar-refractivity contribution in [1.29, 1.82) is 0 Å². The van der Waals surface area contributed by atoms with E-state index in [1.807, 2.05) is 72.1 Å². The van der Waals surface area contributed by atoms with Gasteiger partial charge in [-0.05, 0) is 29.1 Å². The second-order valence-electron chi connectivity index (χ2n) is 6.86. The molecule has 0 N–H and O–H groups in total. The van der Waals surface area contributed by atoms with E-state index in [0.29, 0.717) is 28.7 Å². The highest BCUT2D eigenvalue weighted by atomic mass is 32.1. The highest BCUT2D eigenvalue weighted by Gasteiger charge is 2.18. The maximum Gasteiger partial charge on any atom is 0.339 e. The summed E-state index contributed by atoms with van der Waals surface area (Å²) in [6.07, 6.45) is 0. The number of esters is 1. The number of carbonyl (C=O) groups is 2. The van der Waals surface area contributed by atoms with E-state index in [1.54, 1.807) is 29.4 Å². The number of pyridine rings is 1. The first-order valence-electron chi connectivity index (χ1n) is 9.50. The van der Waals surface area contributed by atoms with Gasteiger partial charge in [0.25, 0.3) is 5.91 Å². The van der Waals surface area contributed by atoms with Crippen LogP contribution < -0.4 is 0 Å². The molecule has 0 fully saturated rings. The van der Waals surface area contributed by atoms with Crippen LogP contribution in [0.1, 0.15) is 15.9 Å². The number of hydrogen-bond donors (Lipinski definition) is 0. The maximum atomic E-state index is 12.8. The molecule has 0 saturated heterocycles. The SMILES string of the molecule is CN(Cc1ccccc1)C(=O)COC(=O)c1cc(-c2cccs2)nc2ccccc12. The lowest BCUT2D eigenvalue weighted by atomic mass is 10.1. The molecule has 0 bridgehead atoms. The van der Waals surface area contributed by atoms with Crippen LogP contribution in [0.2, 0.25) is 0 Å². The fraction of sp³-hybridized carbons (Fsp3) is 0.125. The second kappa shape index (κ2) is 8.88. The Balaban J connectivity index is 1.51. The van der Waals surface area contributed by atoms with Crippen molar-refractivity contribution in [2.24, 2.45) is 0 Å². The van der Waals surface area contributed by atoms with Gasteiger partial charge >= 0.3 is 5.97 Å². The monoisotopic (exact) mass is 416 g/mol. The van der Waals surface area contributed by atoms with Gasteiger partial charge in [0.1, 0.15) is 0 Å². The van der Waals surface area contributed by atoms with Crippen molar-refractivity contribution in [1.82, 2.24) is 9.88 Å². The largest absolute Gasteiger partial charge is 0.452 e. The zero-order valence-electron chi connectivity index (χ0n) is 16.4. The molecule has 6 heteroatoms. The first kappa shape index (κ1) is 19.8. The smallest absolute Gasteiger partial charge is 0.339 e. The molecule has 0 aliphatic carbocycles. The molecule has 4 rings (SSSR count). The van der Waals surface area contributed by atoms with Gasteiger partial charge in [0.2, 0.25) is 0 Å². The lowest BCUT2D eigenvalue weighted by Gasteiger charge is -2.17. The van der Waals surface area contributed by atoms with Crippen LogP contribution in [0.4, 0.5) is 0 Å². The second-order valence-corrected chi connectivity index (χ2v) is 7.81. The van der Waals surface area contributed by atoms with E-state index < -0.39 is 5.97 Å². The van der Waals surface area contributed by atoms with Gasteiger partial charge in [-0.15, -0.1) is 11.3 Å². The van der Waals surface area contributed by atoms with Gasteiger partial charge in [0.05, 0.1) is 21.7 Å². The minimum atomic E-state index is -0.534. The molecule has 2 aromatic carbocycles. The maximum absolute atomic E-state index is 12.8. The molecule has 0 unspecified atom stereocenters. The number of para-hydroxylation sites is 1. The Bertz CT molecular complexity index is 1170. The van der Waals surface area contributed by atoms with Crippen molar-refractivity contribution in [3.8, 4) is 10.6 Å². The van der Waals surface area contributed by atoms with Crippen molar-refractivity contribution in [2.75, 3.05) is 13.7 Å². The van der Waals surface area contributed by atoms with Gasteiger partial charge in [-0.2, -0.15) is 0 Å². The number of nitrogens with zero attached hydrogens (tertiary/aromatic N) is 2. The first-order chi connectivity index (χ1) is 14.6. The predicted molar refractivity (Wildman–Crippen MR) is 118 cm³/mol. The Kier molecular flexibility index (Phi) is 5.86. The number of thiophene rings is 1. The molecule has 0 aliphatic rings. The zero-order valence-corrected chi connectivity index (χ0v) is 17.3. The third-order valence-corrected chi connectivity index (χ3v) is 5.62. The Morgan fingerprint density at radius 1 is 1.00 bits per heavy atom. The molecule has 2 aromatic heterocycles. The normalized spacial score (nSPS) is 10.7. The average molecular weight is 417 g/mol. The van der Waals surface area contributed by atoms with Crippen molar-refractivity contribution in [3.05, 3.63) is 89.3 Å². The molecule has 0 spiro atoms. The van der Waals surface area contributed by atoms with E-state index in [2.05, 4.69) is 4.98 Å². The summed E-state index contributed by atoms with van der Waals surface area (Å²) < 4.78 is 5.37. The van der Waals surface area contributed by atoms with Crippen LogP contribution in [0.25, 0.3) is 21.5 Å². The first-order valence-corrected chi connectivity index (χ1v) is 10.4. The number of benzene rings is 2. The van der Waals surface area contributed by atoms with Gasteiger partial charge < -0.3 is 9.64 Å². The van der Waals surface area contributed by atoms with E-state index in [4.69, 9.17) is 4.74 Å². The van der Waals surface area contributed by atoms with E-state index in [-0.39, 0.29) is 12.5 Å². The minimum absolute atomic E-state index is 0.260. The average Bonchev–Trinajstić information content (AvgIpc) is 3.32. The van der Waals surface area contributed by atoms with Crippen LogP contribution in [0, 0.1) is 0 Å². The van der Waals surface area contributed by atoms with Crippen LogP contribution in [0.5, 0.6) is 0 Å². The number of likely N-dealkylation sites (N-methyl/N-ethyl adjacent to an activating group) is 1. The van der Waals surface area contributed by atoms with Crippen LogP contribution in [0.15, 0.2) is 78.2 Å². The number of aromatic nitrogens is 1. The molecule has 2 heterocycles. The summed E-state index contributed by atoms with van der Waals surface area (Å²) in [4.78, 5) is 32.5. The molecule has 0 saturated carbocycles. The van der Waals surface area contributed by atoms with Gasteiger partial charge in [-0.25, -0.2) is 9.78 Å². The third-order valence-electron chi connectivity index (χ3n) is 4.72. The number of fused-ring (bicyclic) bond motifs is 1. The molecule has 1 amide bonds. The highest BCUT2D eigenvalue weighted by Crippen LogP contribution is 2.28. The minimum Gasteiger partial charge on any atom is -0.452 e. The van der Waals surface area contributed by atoms with Gasteiger partial charge in [-0.1, -0.05) is 54.6 Å². The zero-order chi connectivity index (χ0) is 20.9. The molecule has 0 aliphatic heterocycles. The van der Waals surface area contributed by atoms with Crippen molar-refractivity contribution in [2.45, 2.75) is 6.54 Å². The van der Waals surface area contributed by atoms with Crippen LogP contribution in [-0.2, 0) is 16.1 Å². The van der Waals surface area contributed by atoms with E-state index in [9.17, 15) is 9.59 Å². The van der Waals surface area contributed by atoms with E-state index in [1.165, 1.54) is 0 Å². The lowest BCUT2D eigenvalue weighted by Crippen LogP contribution is -2.30. The summed E-state index contributed by atoms with van der Waals surface area (Å²) >= 11 is 1.55. The molecule has 4 aromatic rings. The number of hydrogen-bond acceptors (Lipinski definition) is 5. The van der Waals surface area contributed by atoms with Crippen LogP contribution in [0.3, 0.4) is 0 Å². The van der Waals surface area contributed by atoms with Crippen molar-refractivity contribution < 1.29 is 14.3 Å². The molecule has 5 nitrogen and oxygen atoms in total. The Morgan fingerprint density at radius 3 is 2.53 bits per heavy atom. The van der Waals surface area contributed by atoms with Gasteiger partial charge in [0, 0.05) is 19.0 Å². The summed E-state index contributed by atoms with van der Waals surface area (Å²) in [5.41, 5.74) is 2.84. The molecule has 0 radical (unpaired) electrons. The summed E-state index contributed by atoms with van der Waals surface area (Å²) in [5.74, 6) is -0.795. The third kappa shape index (κ3) is 4.39. The van der Waals surface area contributed by atoms with Gasteiger partial charge in [-0.3, -0.25) is 4.79 Å². The number of amides is 1. The summed E-state index contributed by atoms with van der Waals surface area (Å²) in [5, 5.41) is 2.67. The Labute approximate surface area is 178 Å². The number of rotatable bonds is 6. The van der Waals surface area contributed by atoms with Crippen LogP contribution >= 0.6 is 11.3 Å². The Morgan fingerprint density at radius 2 is 1.77 bits per heavy atom. The number of ether oxygens (including phenoxy) is 1. The molecule has 0 atom stereocenters. The molecule has 150 valence electrons. The van der Waals surface area contributed by atoms with E-state index >= 15 is 0 Å².